The highest BCUT2D eigenvalue weighted by Crippen LogP contribution is 2.32. The predicted octanol–water partition coefficient (Wildman–Crippen LogP) is 1.20. The molecule has 0 bridgehead atoms. The van der Waals surface area contributed by atoms with Crippen molar-refractivity contribution in [3.05, 3.63) is 28.8 Å². The fraction of sp³-hybridized carbons (Fsp3) is 0.417. The molecule has 5 heteroatoms. The molecule has 1 aliphatic heterocycles. The molecule has 1 aliphatic rings. The second-order valence-corrected chi connectivity index (χ2v) is 4.06. The van der Waals surface area contributed by atoms with Crippen molar-refractivity contribution in [2.75, 3.05) is 7.11 Å². The van der Waals surface area contributed by atoms with Crippen LogP contribution in [-0.2, 0) is 22.7 Å². The Morgan fingerprint density at radius 3 is 2.76 bits per heavy atom. The van der Waals surface area contributed by atoms with Crippen LogP contribution in [0.15, 0.2) is 12.1 Å². The van der Waals surface area contributed by atoms with Gasteiger partial charge in [-0.1, -0.05) is 0 Å². The molecule has 0 aromatic heterocycles. The van der Waals surface area contributed by atoms with Crippen molar-refractivity contribution in [3.63, 3.8) is 0 Å². The Balaban J connectivity index is 2.35. The monoisotopic (exact) mass is 237 g/mol. The van der Waals surface area contributed by atoms with E-state index in [1.165, 1.54) is 0 Å². The molecule has 0 spiro atoms. The maximum absolute atomic E-state index is 10.7. The molecule has 0 fully saturated rings. The van der Waals surface area contributed by atoms with E-state index in [2.05, 4.69) is 0 Å². The van der Waals surface area contributed by atoms with Gasteiger partial charge in [0.1, 0.15) is 5.75 Å². The molecule has 1 heterocycles. The largest absolute Gasteiger partial charge is 0.496 e. The summed E-state index contributed by atoms with van der Waals surface area (Å²) in [6.45, 7) is 1.12. The van der Waals surface area contributed by atoms with Crippen LogP contribution in [0.25, 0.3) is 0 Å². The first-order chi connectivity index (χ1) is 8.11. The maximum atomic E-state index is 10.7. The fourth-order valence-corrected chi connectivity index (χ4v) is 1.99. The summed E-state index contributed by atoms with van der Waals surface area (Å²) in [5.41, 5.74) is 8.72. The van der Waals surface area contributed by atoms with E-state index in [1.54, 1.807) is 7.11 Å². The minimum atomic E-state index is -0.920. The van der Waals surface area contributed by atoms with Crippen LogP contribution in [0.2, 0.25) is 0 Å². The number of benzene rings is 1. The van der Waals surface area contributed by atoms with Crippen LogP contribution in [-0.4, -0.2) is 18.2 Å². The molecule has 0 radical (unpaired) electrons. The number of aliphatic carboxylic acids is 1. The van der Waals surface area contributed by atoms with Crippen LogP contribution in [0.1, 0.15) is 29.2 Å². The third-order valence-corrected chi connectivity index (χ3v) is 2.86. The van der Waals surface area contributed by atoms with Gasteiger partial charge in [-0.3, -0.25) is 4.79 Å². The molecule has 17 heavy (non-hydrogen) atoms. The summed E-state index contributed by atoms with van der Waals surface area (Å²) in [7, 11) is 1.55. The average molecular weight is 237 g/mol. The first-order valence-corrected chi connectivity index (χ1v) is 5.36. The molecule has 0 saturated carbocycles. The highest BCUT2D eigenvalue weighted by atomic mass is 16.5. The van der Waals surface area contributed by atoms with E-state index >= 15 is 0 Å². The van der Waals surface area contributed by atoms with Crippen LogP contribution in [0.5, 0.6) is 5.75 Å². The number of hydrogen-bond donors (Lipinski definition) is 2. The molecule has 2 rings (SSSR count). The second kappa shape index (κ2) is 4.73. The normalized spacial score (nSPS) is 15.4. The predicted molar refractivity (Wildman–Crippen MR) is 60.7 cm³/mol. The van der Waals surface area contributed by atoms with Crippen LogP contribution in [0.4, 0.5) is 0 Å². The first-order valence-electron chi connectivity index (χ1n) is 5.36. The molecule has 92 valence electrons. The topological polar surface area (TPSA) is 81.8 Å². The van der Waals surface area contributed by atoms with Gasteiger partial charge in [-0.25, -0.2) is 0 Å². The fourth-order valence-electron chi connectivity index (χ4n) is 1.99. The molecule has 0 amide bonds. The van der Waals surface area contributed by atoms with Crippen LogP contribution in [0, 0.1) is 0 Å². The number of carboxylic acid groups (broad SMARTS) is 1. The summed E-state index contributed by atoms with van der Waals surface area (Å²) in [4.78, 5) is 10.7. The molecule has 0 saturated heterocycles. The standard InChI is InChI=1S/C12H15NO4/c1-16-11-3-8-6-17-5-7(8)2-9(11)10(13)4-12(14)15/h2-3,10H,4-6,13H2,1H3,(H,14,15). The number of rotatable bonds is 4. The zero-order chi connectivity index (χ0) is 12.4. The lowest BCUT2D eigenvalue weighted by Crippen LogP contribution is -2.16. The smallest absolute Gasteiger partial charge is 0.305 e. The van der Waals surface area contributed by atoms with Crippen molar-refractivity contribution in [3.8, 4) is 5.75 Å². The molecule has 1 unspecified atom stereocenters. The van der Waals surface area contributed by atoms with Crippen LogP contribution in [0.3, 0.4) is 0 Å². The van der Waals surface area contributed by atoms with Gasteiger partial charge < -0.3 is 20.3 Å². The number of hydrogen-bond acceptors (Lipinski definition) is 4. The number of carboxylic acids is 1. The quantitative estimate of drug-likeness (QED) is 0.822. The van der Waals surface area contributed by atoms with Gasteiger partial charge >= 0.3 is 5.97 Å². The number of ether oxygens (including phenoxy) is 2. The van der Waals surface area contributed by atoms with Crippen molar-refractivity contribution in [2.24, 2.45) is 5.73 Å². The van der Waals surface area contributed by atoms with E-state index in [1.807, 2.05) is 12.1 Å². The lowest BCUT2D eigenvalue weighted by Gasteiger charge is -2.15. The van der Waals surface area contributed by atoms with E-state index < -0.39 is 12.0 Å². The van der Waals surface area contributed by atoms with Crippen LogP contribution < -0.4 is 10.5 Å². The van der Waals surface area contributed by atoms with E-state index in [9.17, 15) is 4.79 Å². The molecule has 0 aliphatic carbocycles. The Kier molecular flexibility index (Phi) is 3.31. The Morgan fingerprint density at radius 2 is 2.18 bits per heavy atom. The highest BCUT2D eigenvalue weighted by molar-refractivity contribution is 5.68. The van der Waals surface area contributed by atoms with Gasteiger partial charge in [0, 0.05) is 11.6 Å². The molecule has 1 atom stereocenters. The number of carbonyl (C=O) groups is 1. The SMILES string of the molecule is COc1cc2c(cc1C(N)CC(=O)O)COC2. The molecule has 3 N–H and O–H groups in total. The maximum Gasteiger partial charge on any atom is 0.305 e. The zero-order valence-corrected chi connectivity index (χ0v) is 9.60. The molecule has 1 aromatic rings. The molecule has 1 aromatic carbocycles. The third kappa shape index (κ3) is 2.40. The summed E-state index contributed by atoms with van der Waals surface area (Å²) in [6.07, 6.45) is -0.115. The van der Waals surface area contributed by atoms with Gasteiger partial charge in [0.15, 0.2) is 0 Å². The van der Waals surface area contributed by atoms with Crippen molar-refractivity contribution >= 4 is 5.97 Å². The van der Waals surface area contributed by atoms with E-state index in [-0.39, 0.29) is 6.42 Å². The Labute approximate surface area is 99.1 Å². The van der Waals surface area contributed by atoms with Crippen molar-refractivity contribution < 1.29 is 19.4 Å². The third-order valence-electron chi connectivity index (χ3n) is 2.86. The van der Waals surface area contributed by atoms with Gasteiger partial charge in [0.05, 0.1) is 26.7 Å². The average Bonchev–Trinajstić information content (AvgIpc) is 2.73. The molecular formula is C12H15NO4. The van der Waals surface area contributed by atoms with Gasteiger partial charge in [-0.05, 0) is 23.3 Å². The summed E-state index contributed by atoms with van der Waals surface area (Å²) in [5, 5.41) is 8.76. The lowest BCUT2D eigenvalue weighted by atomic mass is 9.98. The minimum Gasteiger partial charge on any atom is -0.496 e. The van der Waals surface area contributed by atoms with Crippen molar-refractivity contribution in [1.29, 1.82) is 0 Å². The molecular weight excluding hydrogens is 222 g/mol. The second-order valence-electron chi connectivity index (χ2n) is 4.06. The van der Waals surface area contributed by atoms with Gasteiger partial charge in [0.2, 0.25) is 0 Å². The number of fused-ring (bicyclic) bond motifs is 1. The van der Waals surface area contributed by atoms with Gasteiger partial charge in [0.25, 0.3) is 0 Å². The highest BCUT2D eigenvalue weighted by Gasteiger charge is 2.20. The first kappa shape index (κ1) is 11.9. The minimum absolute atomic E-state index is 0.115. The zero-order valence-electron chi connectivity index (χ0n) is 9.60. The van der Waals surface area contributed by atoms with Crippen molar-refractivity contribution in [2.45, 2.75) is 25.7 Å². The Hall–Kier alpha value is -1.59. The lowest BCUT2D eigenvalue weighted by molar-refractivity contribution is -0.137. The Morgan fingerprint density at radius 1 is 1.53 bits per heavy atom. The summed E-state index contributed by atoms with van der Waals surface area (Å²) in [6, 6.07) is 3.20. The number of nitrogens with two attached hydrogens (primary N) is 1. The Bertz CT molecular complexity index is 444. The number of methoxy groups -OCH3 is 1. The van der Waals surface area contributed by atoms with Crippen molar-refractivity contribution in [1.82, 2.24) is 0 Å². The van der Waals surface area contributed by atoms with Gasteiger partial charge in [-0.2, -0.15) is 0 Å². The van der Waals surface area contributed by atoms with E-state index in [4.69, 9.17) is 20.3 Å². The summed E-state index contributed by atoms with van der Waals surface area (Å²) >= 11 is 0. The summed E-state index contributed by atoms with van der Waals surface area (Å²) in [5.74, 6) is -0.292. The van der Waals surface area contributed by atoms with Crippen LogP contribution >= 0.6 is 0 Å². The summed E-state index contributed by atoms with van der Waals surface area (Å²) < 4.78 is 10.6. The van der Waals surface area contributed by atoms with E-state index in [0.29, 0.717) is 19.0 Å². The van der Waals surface area contributed by atoms with E-state index in [0.717, 1.165) is 16.7 Å². The van der Waals surface area contributed by atoms with Gasteiger partial charge in [-0.15, -0.1) is 0 Å². The molecule has 5 nitrogen and oxygen atoms in total.